The molecular formula is C11H20N2O. The fourth-order valence-corrected chi connectivity index (χ4v) is 1.88. The predicted octanol–water partition coefficient (Wildman–Crippen LogP) is 1.65. The van der Waals surface area contributed by atoms with Gasteiger partial charge >= 0.3 is 0 Å². The maximum atomic E-state index is 8.99. The quantitative estimate of drug-likeness (QED) is 0.688. The molecule has 1 aliphatic heterocycles. The predicted molar refractivity (Wildman–Crippen MR) is 55.8 cm³/mol. The highest BCUT2D eigenvalue weighted by Gasteiger charge is 2.28. The lowest BCUT2D eigenvalue weighted by Gasteiger charge is -2.38. The van der Waals surface area contributed by atoms with Gasteiger partial charge in [-0.3, -0.25) is 4.90 Å². The maximum absolute atomic E-state index is 8.99. The van der Waals surface area contributed by atoms with Gasteiger partial charge in [0.15, 0.2) is 0 Å². The topological polar surface area (TPSA) is 36.3 Å². The van der Waals surface area contributed by atoms with Crippen molar-refractivity contribution in [3.05, 3.63) is 0 Å². The zero-order chi connectivity index (χ0) is 10.6. The summed E-state index contributed by atoms with van der Waals surface area (Å²) in [5.41, 5.74) is 0. The van der Waals surface area contributed by atoms with E-state index in [1.807, 2.05) is 0 Å². The van der Waals surface area contributed by atoms with Crippen molar-refractivity contribution < 1.29 is 4.74 Å². The van der Waals surface area contributed by atoms with Crippen LogP contribution < -0.4 is 0 Å². The average molecular weight is 196 g/mol. The van der Waals surface area contributed by atoms with Gasteiger partial charge in [-0.25, -0.2) is 0 Å². The van der Waals surface area contributed by atoms with E-state index in [9.17, 15) is 0 Å². The van der Waals surface area contributed by atoms with Gasteiger partial charge in [0.05, 0.1) is 19.3 Å². The standard InChI is InChI=1S/C11H20N2O/c1-4-9(2)10(3)13-5-6-14-8-11(13)7-12/h9-11H,4-6,8H2,1-3H3. The molecule has 1 heterocycles. The van der Waals surface area contributed by atoms with Gasteiger partial charge in [-0.1, -0.05) is 20.3 Å². The maximum Gasteiger partial charge on any atom is 0.122 e. The van der Waals surface area contributed by atoms with Gasteiger partial charge in [0.25, 0.3) is 0 Å². The molecule has 0 N–H and O–H groups in total. The van der Waals surface area contributed by atoms with Crippen molar-refractivity contribution in [3.63, 3.8) is 0 Å². The Hall–Kier alpha value is -0.590. The van der Waals surface area contributed by atoms with Crippen molar-refractivity contribution in [3.8, 4) is 6.07 Å². The largest absolute Gasteiger partial charge is 0.377 e. The number of hydrogen-bond acceptors (Lipinski definition) is 3. The summed E-state index contributed by atoms with van der Waals surface area (Å²) in [6.07, 6.45) is 1.16. The van der Waals surface area contributed by atoms with Crippen LogP contribution in [0.4, 0.5) is 0 Å². The lowest BCUT2D eigenvalue weighted by molar-refractivity contribution is -0.0162. The van der Waals surface area contributed by atoms with Crippen LogP contribution in [-0.2, 0) is 4.74 Å². The lowest BCUT2D eigenvalue weighted by atomic mass is 9.97. The summed E-state index contributed by atoms with van der Waals surface area (Å²) < 4.78 is 5.30. The van der Waals surface area contributed by atoms with E-state index < -0.39 is 0 Å². The molecule has 0 aromatic rings. The summed E-state index contributed by atoms with van der Waals surface area (Å²) in [4.78, 5) is 2.28. The minimum absolute atomic E-state index is 0.0484. The van der Waals surface area contributed by atoms with Gasteiger partial charge in [0.1, 0.15) is 6.04 Å². The van der Waals surface area contributed by atoms with Crippen LogP contribution in [0.15, 0.2) is 0 Å². The molecule has 3 atom stereocenters. The fraction of sp³-hybridized carbons (Fsp3) is 0.909. The highest BCUT2D eigenvalue weighted by Crippen LogP contribution is 2.18. The van der Waals surface area contributed by atoms with Gasteiger partial charge in [-0.2, -0.15) is 5.26 Å². The van der Waals surface area contributed by atoms with E-state index in [2.05, 4.69) is 31.7 Å². The van der Waals surface area contributed by atoms with Gasteiger partial charge < -0.3 is 4.74 Å². The molecule has 1 saturated heterocycles. The molecule has 1 aliphatic rings. The smallest absolute Gasteiger partial charge is 0.122 e. The summed E-state index contributed by atoms with van der Waals surface area (Å²) in [7, 11) is 0. The van der Waals surface area contributed by atoms with E-state index in [1.54, 1.807) is 0 Å². The Balaban J connectivity index is 2.59. The van der Waals surface area contributed by atoms with Crippen LogP contribution >= 0.6 is 0 Å². The third kappa shape index (κ3) is 2.46. The monoisotopic (exact) mass is 196 g/mol. The lowest BCUT2D eigenvalue weighted by Crippen LogP contribution is -2.51. The summed E-state index contributed by atoms with van der Waals surface area (Å²) in [6, 6.07) is 2.75. The minimum Gasteiger partial charge on any atom is -0.377 e. The van der Waals surface area contributed by atoms with Crippen molar-refractivity contribution in [2.24, 2.45) is 5.92 Å². The van der Waals surface area contributed by atoms with Gasteiger partial charge in [0.2, 0.25) is 0 Å². The fourth-order valence-electron chi connectivity index (χ4n) is 1.88. The third-order valence-corrected chi connectivity index (χ3v) is 3.31. The molecule has 0 aromatic carbocycles. The number of rotatable bonds is 3. The van der Waals surface area contributed by atoms with Crippen LogP contribution in [0.2, 0.25) is 0 Å². The van der Waals surface area contributed by atoms with Crippen molar-refractivity contribution in [1.82, 2.24) is 4.90 Å². The Morgan fingerprint density at radius 1 is 1.57 bits per heavy atom. The zero-order valence-corrected chi connectivity index (χ0v) is 9.36. The van der Waals surface area contributed by atoms with E-state index in [1.165, 1.54) is 0 Å². The Morgan fingerprint density at radius 2 is 2.29 bits per heavy atom. The molecule has 3 heteroatoms. The van der Waals surface area contributed by atoms with E-state index in [4.69, 9.17) is 10.00 Å². The first kappa shape index (κ1) is 11.5. The second-order valence-electron chi connectivity index (χ2n) is 4.08. The van der Waals surface area contributed by atoms with Crippen molar-refractivity contribution in [2.45, 2.75) is 39.3 Å². The number of morpholine rings is 1. The second kappa shape index (κ2) is 5.33. The molecule has 14 heavy (non-hydrogen) atoms. The molecule has 3 unspecified atom stereocenters. The highest BCUT2D eigenvalue weighted by atomic mass is 16.5. The van der Waals surface area contributed by atoms with Gasteiger partial charge in [0, 0.05) is 12.6 Å². The number of nitriles is 1. The van der Waals surface area contributed by atoms with E-state index >= 15 is 0 Å². The summed E-state index contributed by atoms with van der Waals surface area (Å²) in [5.74, 6) is 0.643. The van der Waals surface area contributed by atoms with Gasteiger partial charge in [-0.15, -0.1) is 0 Å². The van der Waals surface area contributed by atoms with E-state index in [0.717, 1.165) is 19.6 Å². The normalized spacial score (nSPS) is 28.0. The van der Waals surface area contributed by atoms with Crippen LogP contribution in [0.5, 0.6) is 0 Å². The Kier molecular flexibility index (Phi) is 4.37. The van der Waals surface area contributed by atoms with Crippen LogP contribution in [-0.4, -0.2) is 36.7 Å². The Bertz CT molecular complexity index is 212. The van der Waals surface area contributed by atoms with Crippen LogP contribution in [0.3, 0.4) is 0 Å². The first-order chi connectivity index (χ1) is 6.70. The molecule has 80 valence electrons. The summed E-state index contributed by atoms with van der Waals surface area (Å²) in [5, 5.41) is 8.99. The minimum atomic E-state index is -0.0484. The molecule has 0 aromatic heterocycles. The molecule has 0 radical (unpaired) electrons. The molecule has 0 spiro atoms. The van der Waals surface area contributed by atoms with Gasteiger partial charge in [-0.05, 0) is 12.8 Å². The molecule has 0 amide bonds. The van der Waals surface area contributed by atoms with Crippen LogP contribution in [0.1, 0.15) is 27.2 Å². The van der Waals surface area contributed by atoms with Crippen molar-refractivity contribution in [2.75, 3.05) is 19.8 Å². The summed E-state index contributed by atoms with van der Waals surface area (Å²) >= 11 is 0. The molecule has 0 aliphatic carbocycles. The van der Waals surface area contributed by atoms with E-state index in [-0.39, 0.29) is 6.04 Å². The van der Waals surface area contributed by atoms with Crippen molar-refractivity contribution in [1.29, 1.82) is 5.26 Å². The molecule has 0 bridgehead atoms. The van der Waals surface area contributed by atoms with Crippen LogP contribution in [0, 0.1) is 17.2 Å². The molecule has 1 rings (SSSR count). The summed E-state index contributed by atoms with van der Waals surface area (Å²) in [6.45, 7) is 8.88. The van der Waals surface area contributed by atoms with Crippen LogP contribution in [0.25, 0.3) is 0 Å². The Labute approximate surface area is 86.6 Å². The first-order valence-corrected chi connectivity index (χ1v) is 5.43. The number of hydrogen-bond donors (Lipinski definition) is 0. The molecule has 1 fully saturated rings. The molecule has 3 nitrogen and oxygen atoms in total. The molecule has 0 saturated carbocycles. The van der Waals surface area contributed by atoms with Crippen molar-refractivity contribution >= 4 is 0 Å². The number of nitrogens with zero attached hydrogens (tertiary/aromatic N) is 2. The first-order valence-electron chi connectivity index (χ1n) is 5.43. The third-order valence-electron chi connectivity index (χ3n) is 3.31. The highest BCUT2D eigenvalue weighted by molar-refractivity contribution is 4.96. The molecular weight excluding hydrogens is 176 g/mol. The SMILES string of the molecule is CCC(C)C(C)N1CCOCC1C#N. The average Bonchev–Trinajstić information content (AvgIpc) is 2.26. The number of ether oxygens (including phenoxy) is 1. The second-order valence-corrected chi connectivity index (χ2v) is 4.08. The Morgan fingerprint density at radius 3 is 2.86 bits per heavy atom. The van der Waals surface area contributed by atoms with E-state index in [0.29, 0.717) is 18.6 Å². The zero-order valence-electron chi connectivity index (χ0n) is 9.36.